The molecule has 0 N–H and O–H groups in total. The van der Waals surface area contributed by atoms with Gasteiger partial charge in [-0.15, -0.1) is 0 Å². The zero-order valence-electron chi connectivity index (χ0n) is 11.2. The van der Waals surface area contributed by atoms with Crippen LogP contribution in [0, 0.1) is 0 Å². The van der Waals surface area contributed by atoms with E-state index in [1.807, 2.05) is 12.1 Å². The van der Waals surface area contributed by atoms with Gasteiger partial charge in [0, 0.05) is 5.02 Å². The topological polar surface area (TPSA) is 0 Å². The van der Waals surface area contributed by atoms with Gasteiger partial charge >= 0.3 is 0 Å². The first-order valence-corrected chi connectivity index (χ1v) is 7.09. The number of halogens is 1. The van der Waals surface area contributed by atoms with Crippen molar-refractivity contribution in [3.63, 3.8) is 0 Å². The molecule has 0 saturated heterocycles. The summed E-state index contributed by atoms with van der Waals surface area (Å²) >= 11 is 5.89. The van der Waals surface area contributed by atoms with Gasteiger partial charge in [-0.3, -0.25) is 0 Å². The summed E-state index contributed by atoms with van der Waals surface area (Å²) < 4.78 is 0. The molecule has 0 saturated carbocycles. The van der Waals surface area contributed by atoms with Crippen molar-refractivity contribution in [2.45, 2.75) is 25.7 Å². The Kier molecular flexibility index (Phi) is 5.23. The molecule has 0 aliphatic carbocycles. The summed E-state index contributed by atoms with van der Waals surface area (Å²) in [4.78, 5) is 0. The molecule has 0 radical (unpaired) electrons. The molecule has 1 unspecified atom stereocenters. The smallest absolute Gasteiger partial charge is 0.0406 e. The second-order valence-electron chi connectivity index (χ2n) is 4.79. The highest BCUT2D eigenvalue weighted by atomic mass is 35.5. The van der Waals surface area contributed by atoms with E-state index in [-0.39, 0.29) is 0 Å². The molecule has 1 atom stereocenters. The van der Waals surface area contributed by atoms with Crippen molar-refractivity contribution in [2.75, 3.05) is 0 Å². The Balaban J connectivity index is 1.83. The van der Waals surface area contributed by atoms with Crippen LogP contribution in [-0.4, -0.2) is 0 Å². The van der Waals surface area contributed by atoms with E-state index < -0.39 is 0 Å². The number of benzene rings is 2. The van der Waals surface area contributed by atoms with Gasteiger partial charge in [0.25, 0.3) is 0 Å². The fourth-order valence-electron chi connectivity index (χ4n) is 2.07. The molecule has 98 valence electrons. The van der Waals surface area contributed by atoms with Crippen LogP contribution in [0.1, 0.15) is 30.4 Å². The van der Waals surface area contributed by atoms with Gasteiger partial charge in [-0.25, -0.2) is 0 Å². The van der Waals surface area contributed by atoms with Gasteiger partial charge in [0.15, 0.2) is 0 Å². The molecule has 2 aromatic rings. The molecule has 0 aliphatic rings. The molecule has 0 aromatic heterocycles. The van der Waals surface area contributed by atoms with Gasteiger partial charge < -0.3 is 0 Å². The van der Waals surface area contributed by atoms with Crippen LogP contribution >= 0.6 is 11.6 Å². The van der Waals surface area contributed by atoms with E-state index in [1.54, 1.807) is 0 Å². The minimum atomic E-state index is 0.438. The fourth-order valence-corrected chi connectivity index (χ4v) is 2.20. The van der Waals surface area contributed by atoms with E-state index in [4.69, 9.17) is 11.6 Å². The predicted molar refractivity (Wildman–Crippen MR) is 83.8 cm³/mol. The molecule has 0 spiro atoms. The van der Waals surface area contributed by atoms with Gasteiger partial charge in [0.2, 0.25) is 0 Å². The highest BCUT2D eigenvalue weighted by molar-refractivity contribution is 6.30. The lowest BCUT2D eigenvalue weighted by molar-refractivity contribution is 0.935. The van der Waals surface area contributed by atoms with Crippen molar-refractivity contribution in [3.8, 4) is 0 Å². The molecule has 1 heteroatoms. The Morgan fingerprint density at radius 1 is 1.00 bits per heavy atom. The average molecular weight is 271 g/mol. The molecule has 0 heterocycles. The first-order chi connectivity index (χ1) is 9.25. The van der Waals surface area contributed by atoms with Crippen molar-refractivity contribution in [1.29, 1.82) is 0 Å². The minimum absolute atomic E-state index is 0.438. The summed E-state index contributed by atoms with van der Waals surface area (Å²) in [6.45, 7) is 2.21. The molecule has 0 bridgehead atoms. The summed E-state index contributed by atoms with van der Waals surface area (Å²) in [6, 6.07) is 18.7. The van der Waals surface area contributed by atoms with Crippen molar-refractivity contribution in [3.05, 3.63) is 82.9 Å². The molecular weight excluding hydrogens is 252 g/mol. The van der Waals surface area contributed by atoms with Crippen LogP contribution in [0.3, 0.4) is 0 Å². The molecule has 2 rings (SSSR count). The fraction of sp³-hybridized carbons (Fsp3) is 0.222. The second kappa shape index (κ2) is 7.16. The molecule has 2 aromatic carbocycles. The Morgan fingerprint density at radius 3 is 2.37 bits per heavy atom. The number of allylic oxidation sites excluding steroid dienone is 2. The molecule has 0 nitrogen and oxygen atoms in total. The average Bonchev–Trinajstić information content (AvgIpc) is 2.45. The molecular formula is C18H19Cl. The lowest BCUT2D eigenvalue weighted by Crippen LogP contribution is -1.88. The first kappa shape index (κ1) is 13.9. The summed E-state index contributed by atoms with van der Waals surface area (Å²) in [5.74, 6) is 0.438. The van der Waals surface area contributed by atoms with E-state index in [1.165, 1.54) is 11.1 Å². The minimum Gasteiger partial charge on any atom is -0.0876 e. The monoisotopic (exact) mass is 270 g/mol. The highest BCUT2D eigenvalue weighted by Gasteiger charge is 2.00. The summed E-state index contributed by atoms with van der Waals surface area (Å²) in [6.07, 6.45) is 6.73. The number of hydrogen-bond donors (Lipinski definition) is 0. The second-order valence-corrected chi connectivity index (χ2v) is 5.23. The third-order valence-electron chi connectivity index (χ3n) is 3.26. The van der Waals surface area contributed by atoms with Crippen molar-refractivity contribution >= 4 is 11.6 Å². The maximum absolute atomic E-state index is 5.89. The SMILES string of the molecule is CC(/C=C/CCc1ccccc1)c1ccc(Cl)cc1. The summed E-state index contributed by atoms with van der Waals surface area (Å²) in [5.41, 5.74) is 2.70. The zero-order valence-corrected chi connectivity index (χ0v) is 12.0. The molecule has 19 heavy (non-hydrogen) atoms. The highest BCUT2D eigenvalue weighted by Crippen LogP contribution is 2.19. The lowest BCUT2D eigenvalue weighted by atomic mass is 10.00. The quantitative estimate of drug-likeness (QED) is 0.618. The zero-order chi connectivity index (χ0) is 13.5. The van der Waals surface area contributed by atoms with E-state index in [2.05, 4.69) is 61.5 Å². The normalized spacial score (nSPS) is 12.7. The van der Waals surface area contributed by atoms with E-state index in [9.17, 15) is 0 Å². The maximum atomic E-state index is 5.89. The molecule has 0 amide bonds. The number of aryl methyl sites for hydroxylation is 1. The van der Waals surface area contributed by atoms with Crippen LogP contribution in [-0.2, 0) is 6.42 Å². The van der Waals surface area contributed by atoms with Crippen LogP contribution < -0.4 is 0 Å². The maximum Gasteiger partial charge on any atom is 0.0406 e. The standard InChI is InChI=1S/C18H19Cl/c1-15(17-11-13-18(19)14-12-17)7-5-6-10-16-8-3-2-4-9-16/h2-5,7-9,11-15H,6,10H2,1H3/b7-5+. The van der Waals surface area contributed by atoms with E-state index in [0.717, 1.165) is 17.9 Å². The Labute approximate surface area is 120 Å². The Hall–Kier alpha value is -1.53. The van der Waals surface area contributed by atoms with E-state index in [0.29, 0.717) is 5.92 Å². The van der Waals surface area contributed by atoms with Gasteiger partial charge in [-0.2, -0.15) is 0 Å². The first-order valence-electron chi connectivity index (χ1n) is 6.72. The molecule has 0 fully saturated rings. The summed E-state index contributed by atoms with van der Waals surface area (Å²) in [7, 11) is 0. The Morgan fingerprint density at radius 2 is 1.68 bits per heavy atom. The van der Waals surface area contributed by atoms with Crippen LogP contribution in [0.25, 0.3) is 0 Å². The van der Waals surface area contributed by atoms with Crippen LogP contribution in [0.4, 0.5) is 0 Å². The largest absolute Gasteiger partial charge is 0.0876 e. The predicted octanol–water partition coefficient (Wildman–Crippen LogP) is 5.63. The summed E-state index contributed by atoms with van der Waals surface area (Å²) in [5, 5.41) is 0.795. The van der Waals surface area contributed by atoms with Gasteiger partial charge in [0.05, 0.1) is 0 Å². The van der Waals surface area contributed by atoms with Gasteiger partial charge in [0.1, 0.15) is 0 Å². The van der Waals surface area contributed by atoms with E-state index >= 15 is 0 Å². The van der Waals surface area contributed by atoms with Crippen LogP contribution in [0.2, 0.25) is 5.02 Å². The van der Waals surface area contributed by atoms with Crippen molar-refractivity contribution < 1.29 is 0 Å². The van der Waals surface area contributed by atoms with Crippen molar-refractivity contribution in [2.24, 2.45) is 0 Å². The third-order valence-corrected chi connectivity index (χ3v) is 3.52. The number of hydrogen-bond acceptors (Lipinski definition) is 0. The number of rotatable bonds is 5. The molecule has 0 aliphatic heterocycles. The Bertz CT molecular complexity index is 511. The van der Waals surface area contributed by atoms with Gasteiger partial charge in [-0.1, -0.05) is 73.1 Å². The van der Waals surface area contributed by atoms with Crippen LogP contribution in [0.5, 0.6) is 0 Å². The van der Waals surface area contributed by atoms with Crippen LogP contribution in [0.15, 0.2) is 66.7 Å². The van der Waals surface area contributed by atoms with Gasteiger partial charge in [-0.05, 0) is 42.0 Å². The third kappa shape index (κ3) is 4.57. The van der Waals surface area contributed by atoms with Crippen molar-refractivity contribution in [1.82, 2.24) is 0 Å². The lowest BCUT2D eigenvalue weighted by Gasteiger charge is -2.06.